The van der Waals surface area contributed by atoms with Crippen LogP contribution in [0.1, 0.15) is 23.0 Å². The lowest BCUT2D eigenvalue weighted by Crippen LogP contribution is -2.30. The summed E-state index contributed by atoms with van der Waals surface area (Å²) in [6.07, 6.45) is -1.21. The summed E-state index contributed by atoms with van der Waals surface area (Å²) in [5, 5.41) is 3.02. The van der Waals surface area contributed by atoms with Crippen molar-refractivity contribution in [2.45, 2.75) is 20.0 Å². The van der Waals surface area contributed by atoms with Crippen molar-refractivity contribution in [2.75, 3.05) is 5.32 Å². The molecule has 5 nitrogen and oxygen atoms in total. The molecule has 3 rings (SSSR count). The van der Waals surface area contributed by atoms with Crippen LogP contribution in [-0.2, 0) is 9.53 Å². The van der Waals surface area contributed by atoms with E-state index in [9.17, 15) is 18.4 Å². The molecule has 0 fully saturated rings. The quantitative estimate of drug-likeness (QED) is 0.709. The number of aryl methyl sites for hydroxylation is 1. The molecule has 7 heteroatoms. The second kappa shape index (κ2) is 6.95. The van der Waals surface area contributed by atoms with Crippen molar-refractivity contribution in [3.8, 4) is 0 Å². The third-order valence-electron chi connectivity index (χ3n) is 3.87. The van der Waals surface area contributed by atoms with Crippen molar-refractivity contribution in [1.29, 1.82) is 0 Å². The van der Waals surface area contributed by atoms with Crippen molar-refractivity contribution >= 4 is 28.5 Å². The minimum atomic E-state index is -1.21. The van der Waals surface area contributed by atoms with Gasteiger partial charge in [-0.2, -0.15) is 0 Å². The highest BCUT2D eigenvalue weighted by molar-refractivity contribution is 5.99. The normalized spacial score (nSPS) is 12.0. The molecule has 0 saturated heterocycles. The molecule has 1 aromatic heterocycles. The van der Waals surface area contributed by atoms with Crippen LogP contribution < -0.4 is 5.32 Å². The Balaban J connectivity index is 1.71. The first kappa shape index (κ1) is 17.6. The van der Waals surface area contributed by atoms with Gasteiger partial charge >= 0.3 is 5.97 Å². The van der Waals surface area contributed by atoms with Gasteiger partial charge in [0.05, 0.1) is 5.69 Å². The molecule has 3 aromatic rings. The van der Waals surface area contributed by atoms with Crippen LogP contribution in [0.15, 0.2) is 46.9 Å². The molecule has 134 valence electrons. The van der Waals surface area contributed by atoms with Crippen LogP contribution in [0.4, 0.5) is 14.5 Å². The molecule has 0 aliphatic rings. The predicted molar refractivity (Wildman–Crippen MR) is 90.8 cm³/mol. The summed E-state index contributed by atoms with van der Waals surface area (Å²) in [7, 11) is 0. The van der Waals surface area contributed by atoms with Gasteiger partial charge in [0.2, 0.25) is 5.76 Å². The number of amides is 1. The van der Waals surface area contributed by atoms with Gasteiger partial charge in [0.1, 0.15) is 17.2 Å². The maximum Gasteiger partial charge on any atom is 0.375 e. The average molecular weight is 359 g/mol. The maximum absolute atomic E-state index is 13.6. The number of ether oxygens (including phenoxy) is 1. The highest BCUT2D eigenvalue weighted by atomic mass is 19.1. The Kier molecular flexibility index (Phi) is 4.71. The van der Waals surface area contributed by atoms with Crippen LogP contribution in [0.5, 0.6) is 0 Å². The van der Waals surface area contributed by atoms with Crippen LogP contribution in [0.25, 0.3) is 11.0 Å². The molecular formula is C19H15F2NO4. The Hall–Kier alpha value is -3.22. The lowest BCUT2D eigenvalue weighted by atomic mass is 10.1. The predicted octanol–water partition coefficient (Wildman–Crippen LogP) is 4.20. The van der Waals surface area contributed by atoms with Crippen molar-refractivity contribution in [1.82, 2.24) is 0 Å². The molecule has 0 bridgehead atoms. The number of para-hydroxylation sites is 1. The number of carbonyl (C=O) groups is 2. The van der Waals surface area contributed by atoms with E-state index in [1.54, 1.807) is 25.1 Å². The second-order valence-corrected chi connectivity index (χ2v) is 5.71. The van der Waals surface area contributed by atoms with Crippen molar-refractivity contribution in [3.05, 3.63) is 65.4 Å². The summed E-state index contributed by atoms with van der Waals surface area (Å²) >= 11 is 0. The number of hydrogen-bond donors (Lipinski definition) is 1. The number of furan rings is 1. The van der Waals surface area contributed by atoms with Gasteiger partial charge < -0.3 is 14.5 Å². The summed E-state index contributed by atoms with van der Waals surface area (Å²) in [6.45, 7) is 3.05. The highest BCUT2D eigenvalue weighted by Crippen LogP contribution is 2.25. The van der Waals surface area contributed by atoms with E-state index >= 15 is 0 Å². The van der Waals surface area contributed by atoms with E-state index in [2.05, 4.69) is 5.32 Å². The van der Waals surface area contributed by atoms with Gasteiger partial charge in [0.25, 0.3) is 5.91 Å². The van der Waals surface area contributed by atoms with E-state index in [1.165, 1.54) is 6.92 Å². The number of hydrogen-bond acceptors (Lipinski definition) is 4. The number of benzene rings is 2. The number of rotatable bonds is 4. The minimum Gasteiger partial charge on any atom is -0.449 e. The topological polar surface area (TPSA) is 68.5 Å². The molecule has 2 aromatic carbocycles. The molecule has 0 spiro atoms. The Morgan fingerprint density at radius 3 is 2.58 bits per heavy atom. The zero-order chi connectivity index (χ0) is 18.8. The van der Waals surface area contributed by atoms with Crippen molar-refractivity contribution < 1.29 is 27.5 Å². The maximum atomic E-state index is 13.6. The number of carbonyl (C=O) groups excluding carboxylic acids is 2. The summed E-state index contributed by atoms with van der Waals surface area (Å²) in [5.41, 5.74) is 0.921. The van der Waals surface area contributed by atoms with E-state index in [-0.39, 0.29) is 11.4 Å². The van der Waals surface area contributed by atoms with Crippen LogP contribution in [0.3, 0.4) is 0 Å². The van der Waals surface area contributed by atoms with Crippen LogP contribution in [0, 0.1) is 18.6 Å². The Bertz CT molecular complexity index is 996. The summed E-state index contributed by atoms with van der Waals surface area (Å²) in [5.74, 6) is -3.25. The van der Waals surface area contributed by atoms with Gasteiger partial charge in [-0.3, -0.25) is 4.79 Å². The smallest absolute Gasteiger partial charge is 0.375 e. The average Bonchev–Trinajstić information content (AvgIpc) is 2.94. The molecule has 0 saturated carbocycles. The van der Waals surface area contributed by atoms with E-state index in [0.717, 1.165) is 17.5 Å². The number of anilines is 1. The standard InChI is InChI=1S/C19H15F2NO4/c1-10-13-5-3-4-6-16(13)26-17(10)19(24)25-11(2)18(23)22-15-8-7-12(20)9-14(15)21/h3-9,11H,1-2H3,(H,22,23)/t11-/m1/s1. The van der Waals surface area contributed by atoms with Crippen LogP contribution in [-0.4, -0.2) is 18.0 Å². The van der Waals surface area contributed by atoms with Crippen molar-refractivity contribution in [2.24, 2.45) is 0 Å². The fraction of sp³-hybridized carbons (Fsp3) is 0.158. The van der Waals surface area contributed by atoms with Crippen LogP contribution >= 0.6 is 0 Å². The van der Waals surface area contributed by atoms with E-state index < -0.39 is 29.6 Å². The van der Waals surface area contributed by atoms with Gasteiger partial charge in [-0.15, -0.1) is 0 Å². The monoisotopic (exact) mass is 359 g/mol. The van der Waals surface area contributed by atoms with Gasteiger partial charge in [0.15, 0.2) is 6.10 Å². The third kappa shape index (κ3) is 3.42. The lowest BCUT2D eigenvalue weighted by molar-refractivity contribution is -0.123. The molecule has 0 unspecified atom stereocenters. The molecule has 1 heterocycles. The molecule has 0 aliphatic heterocycles. The molecule has 1 atom stereocenters. The number of esters is 1. The molecule has 1 N–H and O–H groups in total. The summed E-state index contributed by atoms with van der Waals surface area (Å²) in [6, 6.07) is 9.84. The first-order valence-corrected chi connectivity index (χ1v) is 7.82. The Morgan fingerprint density at radius 1 is 1.15 bits per heavy atom. The summed E-state index contributed by atoms with van der Waals surface area (Å²) < 4.78 is 37.1. The fourth-order valence-electron chi connectivity index (χ4n) is 2.46. The zero-order valence-corrected chi connectivity index (χ0v) is 14.0. The SMILES string of the molecule is Cc1c(C(=O)O[C@H](C)C(=O)Nc2ccc(F)cc2F)oc2ccccc12. The van der Waals surface area contributed by atoms with Gasteiger partial charge in [-0.1, -0.05) is 18.2 Å². The van der Waals surface area contributed by atoms with Gasteiger partial charge in [-0.25, -0.2) is 13.6 Å². The van der Waals surface area contributed by atoms with Crippen molar-refractivity contribution in [3.63, 3.8) is 0 Å². The molecule has 26 heavy (non-hydrogen) atoms. The first-order valence-electron chi connectivity index (χ1n) is 7.82. The minimum absolute atomic E-state index is 0.00110. The molecule has 0 radical (unpaired) electrons. The number of fused-ring (bicyclic) bond motifs is 1. The number of halogens is 2. The fourth-order valence-corrected chi connectivity index (χ4v) is 2.46. The summed E-state index contributed by atoms with van der Waals surface area (Å²) in [4.78, 5) is 24.4. The Morgan fingerprint density at radius 2 is 1.88 bits per heavy atom. The molecule has 1 amide bonds. The third-order valence-corrected chi connectivity index (χ3v) is 3.87. The van der Waals surface area contributed by atoms with Gasteiger partial charge in [-0.05, 0) is 32.0 Å². The van der Waals surface area contributed by atoms with E-state index in [0.29, 0.717) is 17.2 Å². The second-order valence-electron chi connectivity index (χ2n) is 5.71. The lowest BCUT2D eigenvalue weighted by Gasteiger charge is -2.13. The first-order chi connectivity index (χ1) is 12.4. The molecular weight excluding hydrogens is 344 g/mol. The highest BCUT2D eigenvalue weighted by Gasteiger charge is 2.24. The van der Waals surface area contributed by atoms with Crippen LogP contribution in [0.2, 0.25) is 0 Å². The zero-order valence-electron chi connectivity index (χ0n) is 14.0. The van der Waals surface area contributed by atoms with E-state index in [4.69, 9.17) is 9.15 Å². The van der Waals surface area contributed by atoms with Gasteiger partial charge in [0, 0.05) is 17.0 Å². The number of nitrogens with one attached hydrogen (secondary N) is 1. The largest absolute Gasteiger partial charge is 0.449 e. The Labute approximate surface area is 147 Å². The molecule has 0 aliphatic carbocycles. The van der Waals surface area contributed by atoms with E-state index in [1.807, 2.05) is 6.07 Å².